The Balaban J connectivity index is 1.68. The number of carbonyl (C=O) groups excluding carboxylic acids is 2. The van der Waals surface area contributed by atoms with Gasteiger partial charge in [0, 0.05) is 11.7 Å². The van der Waals surface area contributed by atoms with Gasteiger partial charge in [0.05, 0.1) is 15.5 Å². The molecule has 0 radical (unpaired) electrons. The average Bonchev–Trinajstić information content (AvgIpc) is 3.21. The molecule has 7 nitrogen and oxygen atoms in total. The molecule has 0 atom stereocenters. The van der Waals surface area contributed by atoms with E-state index in [1.807, 2.05) is 0 Å². The maximum atomic E-state index is 13.0. The minimum absolute atomic E-state index is 0.0167. The van der Waals surface area contributed by atoms with Crippen molar-refractivity contribution in [3.05, 3.63) is 58.9 Å². The van der Waals surface area contributed by atoms with E-state index in [1.54, 1.807) is 0 Å². The Morgan fingerprint density at radius 1 is 1.10 bits per heavy atom. The van der Waals surface area contributed by atoms with Crippen molar-refractivity contribution in [1.29, 1.82) is 0 Å². The van der Waals surface area contributed by atoms with Crippen LogP contribution in [-0.4, -0.2) is 32.9 Å². The lowest BCUT2D eigenvalue weighted by atomic mass is 10.2. The van der Waals surface area contributed by atoms with Crippen LogP contribution in [-0.2, 0) is 19.6 Å². The highest BCUT2D eigenvalue weighted by atomic mass is 35.5. The van der Waals surface area contributed by atoms with Crippen LogP contribution in [0.5, 0.6) is 0 Å². The van der Waals surface area contributed by atoms with Crippen molar-refractivity contribution in [3.63, 3.8) is 0 Å². The lowest BCUT2D eigenvalue weighted by molar-refractivity contribution is -0.124. The lowest BCUT2D eigenvalue weighted by Crippen LogP contribution is -2.35. The van der Waals surface area contributed by atoms with Crippen molar-refractivity contribution in [2.45, 2.75) is 36.6 Å². The summed E-state index contributed by atoms with van der Waals surface area (Å²) >= 11 is 6.01. The number of hydrogen-bond acceptors (Lipinski definition) is 5. The third kappa shape index (κ3) is 5.70. The minimum atomic E-state index is -4.06. The number of esters is 1. The Morgan fingerprint density at radius 2 is 1.77 bits per heavy atom. The van der Waals surface area contributed by atoms with Gasteiger partial charge in [-0.15, -0.1) is 0 Å². The highest BCUT2D eigenvalue weighted by Gasteiger charge is 2.22. The van der Waals surface area contributed by atoms with Crippen molar-refractivity contribution in [1.82, 2.24) is 5.32 Å². The van der Waals surface area contributed by atoms with E-state index in [-0.39, 0.29) is 27.2 Å². The van der Waals surface area contributed by atoms with E-state index in [0.29, 0.717) is 0 Å². The summed E-state index contributed by atoms with van der Waals surface area (Å²) in [6, 6.07) is 8.37. The van der Waals surface area contributed by atoms with Gasteiger partial charge < -0.3 is 10.1 Å². The molecule has 1 amide bonds. The van der Waals surface area contributed by atoms with Crippen LogP contribution >= 0.6 is 11.6 Å². The van der Waals surface area contributed by atoms with Crippen molar-refractivity contribution in [3.8, 4) is 0 Å². The highest BCUT2D eigenvalue weighted by molar-refractivity contribution is 7.92. The number of anilines is 1. The highest BCUT2D eigenvalue weighted by Crippen LogP contribution is 2.23. The predicted octanol–water partition coefficient (Wildman–Crippen LogP) is 3.50. The van der Waals surface area contributed by atoms with Gasteiger partial charge in [0.25, 0.3) is 15.9 Å². The van der Waals surface area contributed by atoms with E-state index in [9.17, 15) is 22.4 Å². The summed E-state index contributed by atoms with van der Waals surface area (Å²) in [7, 11) is -4.06. The molecule has 0 saturated heterocycles. The Hall–Kier alpha value is -2.65. The van der Waals surface area contributed by atoms with Crippen molar-refractivity contribution in [2.75, 3.05) is 11.3 Å². The molecule has 160 valence electrons. The molecule has 0 unspecified atom stereocenters. The number of carbonyl (C=O) groups is 2. The molecule has 0 aliphatic heterocycles. The maximum absolute atomic E-state index is 13.0. The molecular weight excluding hydrogens is 435 g/mol. The van der Waals surface area contributed by atoms with Gasteiger partial charge in [-0.05, 0) is 55.3 Å². The van der Waals surface area contributed by atoms with Gasteiger partial charge in [-0.2, -0.15) is 0 Å². The van der Waals surface area contributed by atoms with Crippen LogP contribution in [0.25, 0.3) is 0 Å². The van der Waals surface area contributed by atoms with E-state index in [2.05, 4.69) is 10.0 Å². The summed E-state index contributed by atoms with van der Waals surface area (Å²) in [6.45, 7) is -0.490. The summed E-state index contributed by atoms with van der Waals surface area (Å²) in [4.78, 5) is 24.0. The maximum Gasteiger partial charge on any atom is 0.340 e. The van der Waals surface area contributed by atoms with Crippen LogP contribution in [0.15, 0.2) is 47.4 Å². The van der Waals surface area contributed by atoms with E-state index < -0.39 is 34.3 Å². The zero-order valence-electron chi connectivity index (χ0n) is 15.9. The normalized spacial score (nSPS) is 14.3. The monoisotopic (exact) mass is 454 g/mol. The first-order chi connectivity index (χ1) is 14.2. The number of amides is 1. The molecule has 0 aromatic heterocycles. The van der Waals surface area contributed by atoms with Gasteiger partial charge in [-0.3, -0.25) is 9.52 Å². The number of ether oxygens (including phenoxy) is 1. The van der Waals surface area contributed by atoms with Gasteiger partial charge in [0.2, 0.25) is 0 Å². The molecule has 2 aromatic rings. The van der Waals surface area contributed by atoms with Crippen LogP contribution in [0, 0.1) is 5.82 Å². The Morgan fingerprint density at radius 3 is 2.43 bits per heavy atom. The smallest absolute Gasteiger partial charge is 0.340 e. The molecule has 1 saturated carbocycles. The molecule has 1 aliphatic rings. The fraction of sp³-hybridized carbons (Fsp3) is 0.300. The second kappa shape index (κ2) is 9.44. The first-order valence-electron chi connectivity index (χ1n) is 9.29. The van der Waals surface area contributed by atoms with Gasteiger partial charge in [0.1, 0.15) is 5.82 Å². The molecule has 0 spiro atoms. The fourth-order valence-electron chi connectivity index (χ4n) is 3.11. The van der Waals surface area contributed by atoms with Crippen LogP contribution in [0.2, 0.25) is 5.02 Å². The summed E-state index contributed by atoms with van der Waals surface area (Å²) in [5.74, 6) is -1.85. The SMILES string of the molecule is O=C(COC(=O)c1cc(S(=O)(=O)Nc2ccc(F)cc2)ccc1Cl)NC1CCCC1. The Labute approximate surface area is 178 Å². The predicted molar refractivity (Wildman–Crippen MR) is 109 cm³/mol. The van der Waals surface area contributed by atoms with E-state index in [4.69, 9.17) is 16.3 Å². The number of benzene rings is 2. The van der Waals surface area contributed by atoms with Gasteiger partial charge in [-0.25, -0.2) is 17.6 Å². The van der Waals surface area contributed by atoms with Crippen LogP contribution in [0.3, 0.4) is 0 Å². The lowest BCUT2D eigenvalue weighted by Gasteiger charge is -2.13. The molecule has 0 heterocycles. The number of hydrogen-bond donors (Lipinski definition) is 2. The van der Waals surface area contributed by atoms with E-state index in [0.717, 1.165) is 43.9 Å². The molecule has 1 fully saturated rings. The third-order valence-corrected chi connectivity index (χ3v) is 6.33. The molecule has 10 heteroatoms. The quantitative estimate of drug-likeness (QED) is 0.623. The van der Waals surface area contributed by atoms with Crippen molar-refractivity contribution < 1.29 is 27.1 Å². The second-order valence-electron chi connectivity index (χ2n) is 6.88. The standard InChI is InChI=1S/C20H20ClFN2O5S/c21-18-10-9-16(30(27,28)24-15-7-5-13(22)6-8-15)11-17(18)20(26)29-12-19(25)23-14-3-1-2-4-14/h5-11,14,24H,1-4,12H2,(H,23,25). The number of sulfonamides is 1. The van der Waals surface area contributed by atoms with Crippen LogP contribution < -0.4 is 10.0 Å². The van der Waals surface area contributed by atoms with Gasteiger partial charge in [-0.1, -0.05) is 24.4 Å². The Kier molecular flexibility index (Phi) is 6.94. The number of halogens is 2. The van der Waals surface area contributed by atoms with Gasteiger partial charge >= 0.3 is 5.97 Å². The zero-order valence-corrected chi connectivity index (χ0v) is 17.4. The van der Waals surface area contributed by atoms with Gasteiger partial charge in [0.15, 0.2) is 6.61 Å². The molecule has 2 N–H and O–H groups in total. The molecule has 2 aromatic carbocycles. The molecule has 1 aliphatic carbocycles. The largest absolute Gasteiger partial charge is 0.452 e. The summed E-state index contributed by atoms with van der Waals surface area (Å²) in [5, 5.41) is 2.77. The third-order valence-electron chi connectivity index (χ3n) is 4.62. The minimum Gasteiger partial charge on any atom is -0.452 e. The molecule has 30 heavy (non-hydrogen) atoms. The second-order valence-corrected chi connectivity index (χ2v) is 8.97. The zero-order chi connectivity index (χ0) is 21.7. The summed E-state index contributed by atoms with van der Waals surface area (Å²) < 4.78 is 45.4. The first kappa shape index (κ1) is 22.0. The van der Waals surface area contributed by atoms with Crippen LogP contribution in [0.4, 0.5) is 10.1 Å². The number of nitrogens with one attached hydrogen (secondary N) is 2. The number of rotatable bonds is 7. The average molecular weight is 455 g/mol. The summed E-state index contributed by atoms with van der Waals surface area (Å²) in [6.07, 6.45) is 3.89. The van der Waals surface area contributed by atoms with Crippen molar-refractivity contribution >= 4 is 39.2 Å². The van der Waals surface area contributed by atoms with E-state index >= 15 is 0 Å². The Bertz CT molecular complexity index is 1040. The molecular formula is C20H20ClFN2O5S. The fourth-order valence-corrected chi connectivity index (χ4v) is 4.39. The molecule has 3 rings (SSSR count). The first-order valence-corrected chi connectivity index (χ1v) is 11.1. The summed E-state index contributed by atoms with van der Waals surface area (Å²) in [5.41, 5.74) is -0.0358. The topological polar surface area (TPSA) is 102 Å². The van der Waals surface area contributed by atoms with E-state index in [1.165, 1.54) is 24.3 Å². The van der Waals surface area contributed by atoms with Crippen molar-refractivity contribution in [2.24, 2.45) is 0 Å². The van der Waals surface area contributed by atoms with Crippen LogP contribution in [0.1, 0.15) is 36.0 Å². The molecule has 0 bridgehead atoms.